The number of rotatable bonds is 5. The fraction of sp³-hybridized carbons (Fsp3) is 0.188. The van der Waals surface area contributed by atoms with Crippen molar-refractivity contribution in [1.82, 2.24) is 0 Å². The van der Waals surface area contributed by atoms with Crippen LogP contribution in [-0.4, -0.2) is 13.6 Å². The van der Waals surface area contributed by atoms with Gasteiger partial charge in [-0.2, -0.15) is 0 Å². The van der Waals surface area contributed by atoms with Crippen molar-refractivity contribution in [1.29, 1.82) is 0 Å². The van der Waals surface area contributed by atoms with Crippen LogP contribution in [0.5, 0.6) is 11.5 Å². The summed E-state index contributed by atoms with van der Waals surface area (Å²) in [4.78, 5) is 10.5. The van der Waals surface area contributed by atoms with E-state index in [0.717, 1.165) is 28.9 Å². The summed E-state index contributed by atoms with van der Waals surface area (Å²) in [6.45, 7) is 2.53. The van der Waals surface area contributed by atoms with Crippen molar-refractivity contribution in [2.75, 3.05) is 7.11 Å². The van der Waals surface area contributed by atoms with Gasteiger partial charge in [0.2, 0.25) is 0 Å². The summed E-state index contributed by atoms with van der Waals surface area (Å²) in [6, 6.07) is 13.4. The van der Waals surface area contributed by atoms with Crippen LogP contribution in [0.4, 0.5) is 0 Å². The molecule has 19 heavy (non-hydrogen) atoms. The first kappa shape index (κ1) is 13.1. The van der Waals surface area contributed by atoms with E-state index in [1.807, 2.05) is 30.3 Å². The van der Waals surface area contributed by atoms with E-state index >= 15 is 0 Å². The zero-order valence-electron chi connectivity index (χ0n) is 11.1. The predicted octanol–water partition coefficient (Wildman–Crippen LogP) is 3.46. The van der Waals surface area contributed by atoms with E-state index in [1.54, 1.807) is 13.2 Å². The first-order chi connectivity index (χ1) is 9.30. The number of aryl methyl sites for hydroxylation is 1. The second-order valence-corrected chi connectivity index (χ2v) is 4.09. The van der Waals surface area contributed by atoms with Crippen LogP contribution in [-0.2, 0) is 11.2 Å². The minimum absolute atomic E-state index is 0.448. The monoisotopic (exact) mass is 256 g/mol. The predicted molar refractivity (Wildman–Crippen MR) is 74.5 cm³/mol. The lowest BCUT2D eigenvalue weighted by atomic mass is 10.0. The highest BCUT2D eigenvalue weighted by molar-refractivity contribution is 5.73. The molecule has 0 saturated carbocycles. The zero-order valence-corrected chi connectivity index (χ0v) is 11.1. The maximum atomic E-state index is 10.5. The summed E-state index contributed by atoms with van der Waals surface area (Å²) in [6.07, 6.45) is 0.883. The summed E-state index contributed by atoms with van der Waals surface area (Å²) >= 11 is 0. The average Bonchev–Trinajstić information content (AvgIpc) is 2.47. The van der Waals surface area contributed by atoms with Gasteiger partial charge in [-0.15, -0.1) is 0 Å². The molecule has 0 aliphatic carbocycles. The molecule has 2 aromatic rings. The van der Waals surface area contributed by atoms with Crippen LogP contribution in [0.15, 0.2) is 42.5 Å². The van der Waals surface area contributed by atoms with Crippen molar-refractivity contribution >= 4 is 6.47 Å². The third kappa shape index (κ3) is 2.76. The summed E-state index contributed by atoms with van der Waals surface area (Å²) < 4.78 is 10.3. The normalized spacial score (nSPS) is 10.0. The largest absolute Gasteiger partial charge is 0.496 e. The molecule has 0 bridgehead atoms. The number of hydrogen-bond acceptors (Lipinski definition) is 3. The lowest BCUT2D eigenvalue weighted by molar-refractivity contribution is -0.120. The lowest BCUT2D eigenvalue weighted by Gasteiger charge is -2.11. The minimum Gasteiger partial charge on any atom is -0.496 e. The Balaban J connectivity index is 2.49. The molecular formula is C16H16O3. The molecule has 0 radical (unpaired) electrons. The molecule has 98 valence electrons. The van der Waals surface area contributed by atoms with Gasteiger partial charge in [0.05, 0.1) is 7.11 Å². The van der Waals surface area contributed by atoms with Gasteiger partial charge in [0.1, 0.15) is 11.5 Å². The van der Waals surface area contributed by atoms with Crippen LogP contribution < -0.4 is 9.47 Å². The fourth-order valence-corrected chi connectivity index (χ4v) is 2.08. The average molecular weight is 256 g/mol. The molecular weight excluding hydrogens is 240 g/mol. The Morgan fingerprint density at radius 2 is 1.89 bits per heavy atom. The topological polar surface area (TPSA) is 35.5 Å². The molecule has 3 nitrogen and oxygen atoms in total. The first-order valence-corrected chi connectivity index (χ1v) is 6.16. The maximum Gasteiger partial charge on any atom is 0.298 e. The summed E-state index contributed by atoms with van der Waals surface area (Å²) in [5, 5.41) is 0. The number of methoxy groups -OCH3 is 1. The number of hydrogen-bond donors (Lipinski definition) is 0. The minimum atomic E-state index is 0.448. The highest BCUT2D eigenvalue weighted by Gasteiger charge is 2.08. The Morgan fingerprint density at radius 1 is 1.11 bits per heavy atom. The third-order valence-electron chi connectivity index (χ3n) is 3.03. The number of ether oxygens (including phenoxy) is 2. The smallest absolute Gasteiger partial charge is 0.298 e. The van der Waals surface area contributed by atoms with Crippen molar-refractivity contribution < 1.29 is 14.3 Å². The summed E-state index contributed by atoms with van der Waals surface area (Å²) in [7, 11) is 1.66. The standard InChI is InChI=1S/C16H16O3/c1-3-12-10-13(8-9-15(12)18-2)14-6-4-5-7-16(14)19-11-17/h4-11H,3H2,1-2H3. The quantitative estimate of drug-likeness (QED) is 0.768. The molecule has 2 rings (SSSR count). The van der Waals surface area contributed by atoms with E-state index in [1.165, 1.54) is 0 Å². The highest BCUT2D eigenvalue weighted by atomic mass is 16.5. The molecule has 0 atom stereocenters. The van der Waals surface area contributed by atoms with Crippen molar-refractivity contribution in [3.05, 3.63) is 48.0 Å². The van der Waals surface area contributed by atoms with Crippen LogP contribution in [0.25, 0.3) is 11.1 Å². The zero-order chi connectivity index (χ0) is 13.7. The second kappa shape index (κ2) is 6.05. The third-order valence-corrected chi connectivity index (χ3v) is 3.03. The fourth-order valence-electron chi connectivity index (χ4n) is 2.08. The van der Waals surface area contributed by atoms with Crippen molar-refractivity contribution in [3.63, 3.8) is 0 Å². The Morgan fingerprint density at radius 3 is 2.58 bits per heavy atom. The summed E-state index contributed by atoms with van der Waals surface area (Å²) in [5.41, 5.74) is 3.03. The molecule has 0 saturated heterocycles. The molecule has 3 heteroatoms. The lowest BCUT2D eigenvalue weighted by Crippen LogP contribution is -1.94. The summed E-state index contributed by atoms with van der Waals surface area (Å²) in [5.74, 6) is 1.43. The van der Waals surface area contributed by atoms with Gasteiger partial charge in [-0.05, 0) is 35.7 Å². The van der Waals surface area contributed by atoms with E-state index in [-0.39, 0.29) is 0 Å². The van der Waals surface area contributed by atoms with Crippen molar-refractivity contribution in [3.8, 4) is 22.6 Å². The molecule has 0 spiro atoms. The molecule has 0 N–H and O–H groups in total. The van der Waals surface area contributed by atoms with Crippen LogP contribution in [0.3, 0.4) is 0 Å². The van der Waals surface area contributed by atoms with E-state index in [2.05, 4.69) is 13.0 Å². The van der Waals surface area contributed by atoms with Crippen LogP contribution >= 0.6 is 0 Å². The second-order valence-electron chi connectivity index (χ2n) is 4.09. The number of carbonyl (C=O) groups excluding carboxylic acids is 1. The molecule has 2 aromatic carbocycles. The van der Waals surface area contributed by atoms with Crippen LogP contribution in [0.1, 0.15) is 12.5 Å². The highest BCUT2D eigenvalue weighted by Crippen LogP contribution is 2.32. The van der Waals surface area contributed by atoms with Gasteiger partial charge in [0, 0.05) is 5.56 Å². The Hall–Kier alpha value is -2.29. The van der Waals surface area contributed by atoms with Gasteiger partial charge in [0.25, 0.3) is 6.47 Å². The molecule has 0 aliphatic heterocycles. The van der Waals surface area contributed by atoms with Gasteiger partial charge < -0.3 is 9.47 Å². The molecule has 0 amide bonds. The molecule has 0 fully saturated rings. The van der Waals surface area contributed by atoms with Gasteiger partial charge in [-0.25, -0.2) is 0 Å². The Bertz CT molecular complexity index is 576. The molecule has 0 aromatic heterocycles. The van der Waals surface area contributed by atoms with Crippen LogP contribution in [0.2, 0.25) is 0 Å². The Kier molecular flexibility index (Phi) is 4.18. The Labute approximate surface area is 112 Å². The van der Waals surface area contributed by atoms with Crippen LogP contribution in [0, 0.1) is 0 Å². The van der Waals surface area contributed by atoms with E-state index < -0.39 is 0 Å². The van der Waals surface area contributed by atoms with Gasteiger partial charge in [-0.3, -0.25) is 4.79 Å². The van der Waals surface area contributed by atoms with Gasteiger partial charge in [0.15, 0.2) is 0 Å². The number of benzene rings is 2. The van der Waals surface area contributed by atoms with Gasteiger partial charge >= 0.3 is 0 Å². The molecule has 0 heterocycles. The van der Waals surface area contributed by atoms with Crippen molar-refractivity contribution in [2.24, 2.45) is 0 Å². The number of carbonyl (C=O) groups is 1. The first-order valence-electron chi connectivity index (χ1n) is 6.16. The van der Waals surface area contributed by atoms with E-state index in [4.69, 9.17) is 9.47 Å². The number of para-hydroxylation sites is 1. The van der Waals surface area contributed by atoms with Gasteiger partial charge in [-0.1, -0.05) is 31.2 Å². The van der Waals surface area contributed by atoms with E-state index in [0.29, 0.717) is 12.2 Å². The maximum absolute atomic E-state index is 10.5. The van der Waals surface area contributed by atoms with E-state index in [9.17, 15) is 4.79 Å². The van der Waals surface area contributed by atoms with Crippen molar-refractivity contribution in [2.45, 2.75) is 13.3 Å². The molecule has 0 aliphatic rings. The SMILES string of the molecule is CCc1cc(-c2ccccc2OC=O)ccc1OC. The molecule has 0 unspecified atom stereocenters.